The van der Waals surface area contributed by atoms with E-state index >= 15 is 0 Å². The highest BCUT2D eigenvalue weighted by Crippen LogP contribution is 2.33. The van der Waals surface area contributed by atoms with Crippen LogP contribution < -0.4 is 5.73 Å². The summed E-state index contributed by atoms with van der Waals surface area (Å²) >= 11 is 0. The molecular weight excluding hydrogens is 272 g/mol. The molecule has 0 radical (unpaired) electrons. The van der Waals surface area contributed by atoms with Crippen molar-refractivity contribution in [1.29, 1.82) is 0 Å². The maximum absolute atomic E-state index is 12.9. The maximum atomic E-state index is 12.9. The van der Waals surface area contributed by atoms with Gasteiger partial charge in [-0.25, -0.2) is 8.42 Å². The zero-order valence-electron chi connectivity index (χ0n) is 12.7. The Labute approximate surface area is 122 Å². The monoisotopic (exact) mass is 296 g/mol. The minimum Gasteiger partial charge on any atom is -0.399 e. The van der Waals surface area contributed by atoms with Crippen LogP contribution in [0.5, 0.6) is 0 Å². The van der Waals surface area contributed by atoms with Gasteiger partial charge in [0, 0.05) is 18.8 Å². The summed E-state index contributed by atoms with van der Waals surface area (Å²) in [4.78, 5) is 0.354. The van der Waals surface area contributed by atoms with Crippen molar-refractivity contribution in [2.24, 2.45) is 5.41 Å². The van der Waals surface area contributed by atoms with Crippen molar-refractivity contribution in [3.05, 3.63) is 23.3 Å². The van der Waals surface area contributed by atoms with Gasteiger partial charge in [-0.3, -0.25) is 0 Å². The molecule has 1 aromatic carbocycles. The number of nitrogen functional groups attached to an aromatic ring is 1. The molecule has 1 heterocycles. The van der Waals surface area contributed by atoms with Crippen molar-refractivity contribution >= 4 is 15.7 Å². The second-order valence-corrected chi connectivity index (χ2v) is 8.47. The Morgan fingerprint density at radius 3 is 2.50 bits per heavy atom. The standard InChI is InChI=1S/C15H24N2O2S/c1-11-8-13(16)9-14(12(11)2)20(18,19)17-7-5-6-15(3,4)10-17/h8-9H,5-7,10,16H2,1-4H3. The van der Waals surface area contributed by atoms with E-state index in [9.17, 15) is 8.42 Å². The number of piperidine rings is 1. The largest absolute Gasteiger partial charge is 0.399 e. The van der Waals surface area contributed by atoms with E-state index in [2.05, 4.69) is 13.8 Å². The molecule has 0 amide bonds. The molecule has 1 aromatic rings. The summed E-state index contributed by atoms with van der Waals surface area (Å²) in [6.07, 6.45) is 1.97. The van der Waals surface area contributed by atoms with Crippen LogP contribution in [0.1, 0.15) is 37.8 Å². The fourth-order valence-corrected chi connectivity index (χ4v) is 4.84. The molecule has 2 rings (SSSR count). The SMILES string of the molecule is Cc1cc(N)cc(S(=O)(=O)N2CCCC(C)(C)C2)c1C. The van der Waals surface area contributed by atoms with E-state index in [1.807, 2.05) is 19.9 Å². The fraction of sp³-hybridized carbons (Fsp3) is 0.600. The van der Waals surface area contributed by atoms with Gasteiger partial charge >= 0.3 is 0 Å². The first-order chi connectivity index (χ1) is 9.13. The lowest BCUT2D eigenvalue weighted by Crippen LogP contribution is -2.43. The first-order valence-electron chi connectivity index (χ1n) is 7.00. The predicted molar refractivity (Wildman–Crippen MR) is 82.1 cm³/mol. The number of aryl methyl sites for hydroxylation is 1. The normalized spacial score (nSPS) is 20.0. The molecule has 1 fully saturated rings. The van der Waals surface area contributed by atoms with Crippen LogP contribution in [-0.2, 0) is 10.0 Å². The Balaban J connectivity index is 2.46. The molecule has 112 valence electrons. The number of nitrogens with zero attached hydrogens (tertiary/aromatic N) is 1. The molecule has 0 aliphatic carbocycles. The number of benzene rings is 1. The second kappa shape index (κ2) is 5.04. The summed E-state index contributed by atoms with van der Waals surface area (Å²) in [5.74, 6) is 0. The maximum Gasteiger partial charge on any atom is 0.243 e. The summed E-state index contributed by atoms with van der Waals surface area (Å²) in [7, 11) is -3.46. The molecule has 0 spiro atoms. The number of sulfonamides is 1. The number of hydrogen-bond acceptors (Lipinski definition) is 3. The Hall–Kier alpha value is -1.07. The summed E-state index contributed by atoms with van der Waals surface area (Å²) < 4.78 is 27.4. The van der Waals surface area contributed by atoms with E-state index in [4.69, 9.17) is 5.73 Å². The third-order valence-corrected chi connectivity index (χ3v) is 6.10. The molecule has 5 heteroatoms. The van der Waals surface area contributed by atoms with Crippen LogP contribution in [0.15, 0.2) is 17.0 Å². The van der Waals surface area contributed by atoms with Crippen molar-refractivity contribution < 1.29 is 8.42 Å². The van der Waals surface area contributed by atoms with Gasteiger partial charge < -0.3 is 5.73 Å². The minimum atomic E-state index is -3.46. The van der Waals surface area contributed by atoms with Crippen molar-refractivity contribution in [1.82, 2.24) is 4.31 Å². The number of hydrogen-bond donors (Lipinski definition) is 1. The molecule has 0 unspecified atom stereocenters. The van der Waals surface area contributed by atoms with Gasteiger partial charge in [0.25, 0.3) is 0 Å². The van der Waals surface area contributed by atoms with Gasteiger partial charge in [-0.05, 0) is 55.4 Å². The van der Waals surface area contributed by atoms with Crippen LogP contribution in [0, 0.1) is 19.3 Å². The Bertz CT molecular complexity index is 621. The Morgan fingerprint density at radius 2 is 1.90 bits per heavy atom. The summed E-state index contributed by atoms with van der Waals surface area (Å²) in [6, 6.07) is 3.40. The topological polar surface area (TPSA) is 63.4 Å². The van der Waals surface area contributed by atoms with E-state index in [0.717, 1.165) is 24.0 Å². The van der Waals surface area contributed by atoms with Gasteiger partial charge in [0.05, 0.1) is 4.90 Å². The quantitative estimate of drug-likeness (QED) is 0.853. The molecular formula is C15H24N2O2S. The van der Waals surface area contributed by atoms with Gasteiger partial charge in [0.1, 0.15) is 0 Å². The molecule has 0 saturated carbocycles. The highest BCUT2D eigenvalue weighted by Gasteiger charge is 2.35. The van der Waals surface area contributed by atoms with Gasteiger partial charge in [0.2, 0.25) is 10.0 Å². The first-order valence-corrected chi connectivity index (χ1v) is 8.44. The van der Waals surface area contributed by atoms with Crippen LogP contribution in [0.25, 0.3) is 0 Å². The minimum absolute atomic E-state index is 0.0363. The van der Waals surface area contributed by atoms with Gasteiger partial charge in [-0.2, -0.15) is 4.31 Å². The Kier molecular flexibility index (Phi) is 3.86. The molecule has 0 aromatic heterocycles. The van der Waals surface area contributed by atoms with Crippen LogP contribution in [-0.4, -0.2) is 25.8 Å². The third-order valence-electron chi connectivity index (χ3n) is 4.13. The van der Waals surface area contributed by atoms with Crippen molar-refractivity contribution in [2.45, 2.75) is 45.4 Å². The molecule has 1 aliphatic heterocycles. The van der Waals surface area contributed by atoms with Gasteiger partial charge in [-0.15, -0.1) is 0 Å². The lowest BCUT2D eigenvalue weighted by Gasteiger charge is -2.37. The molecule has 0 bridgehead atoms. The average molecular weight is 296 g/mol. The first kappa shape index (κ1) is 15.3. The summed E-state index contributed by atoms with van der Waals surface area (Å²) in [6.45, 7) is 9.14. The van der Waals surface area contributed by atoms with Gasteiger partial charge in [0.15, 0.2) is 0 Å². The van der Waals surface area contributed by atoms with Gasteiger partial charge in [-0.1, -0.05) is 13.8 Å². The summed E-state index contributed by atoms with van der Waals surface area (Å²) in [5.41, 5.74) is 8.07. The van der Waals surface area contributed by atoms with Crippen LogP contribution >= 0.6 is 0 Å². The van der Waals surface area contributed by atoms with E-state index in [1.165, 1.54) is 0 Å². The van der Waals surface area contributed by atoms with Crippen molar-refractivity contribution in [3.8, 4) is 0 Å². The Morgan fingerprint density at radius 1 is 1.25 bits per heavy atom. The molecule has 2 N–H and O–H groups in total. The lowest BCUT2D eigenvalue weighted by molar-refractivity contribution is 0.187. The summed E-state index contributed by atoms with van der Waals surface area (Å²) in [5, 5.41) is 0. The second-order valence-electron chi connectivity index (χ2n) is 6.57. The van der Waals surface area contributed by atoms with E-state index < -0.39 is 10.0 Å². The van der Waals surface area contributed by atoms with E-state index in [1.54, 1.807) is 10.4 Å². The number of nitrogens with two attached hydrogens (primary N) is 1. The number of anilines is 1. The molecule has 4 nitrogen and oxygen atoms in total. The molecule has 0 atom stereocenters. The zero-order valence-corrected chi connectivity index (χ0v) is 13.5. The van der Waals surface area contributed by atoms with Crippen molar-refractivity contribution in [3.63, 3.8) is 0 Å². The number of rotatable bonds is 2. The van der Waals surface area contributed by atoms with Crippen molar-refractivity contribution in [2.75, 3.05) is 18.8 Å². The highest BCUT2D eigenvalue weighted by atomic mass is 32.2. The van der Waals surface area contributed by atoms with Crippen LogP contribution in [0.4, 0.5) is 5.69 Å². The van der Waals surface area contributed by atoms with Crippen LogP contribution in [0.2, 0.25) is 0 Å². The highest BCUT2D eigenvalue weighted by molar-refractivity contribution is 7.89. The van der Waals surface area contributed by atoms with E-state index in [-0.39, 0.29) is 5.41 Å². The molecule has 20 heavy (non-hydrogen) atoms. The predicted octanol–water partition coefficient (Wildman–Crippen LogP) is 2.70. The lowest BCUT2D eigenvalue weighted by atomic mass is 9.85. The molecule has 1 aliphatic rings. The third kappa shape index (κ3) is 2.83. The van der Waals surface area contributed by atoms with Crippen LogP contribution in [0.3, 0.4) is 0 Å². The smallest absolute Gasteiger partial charge is 0.243 e. The zero-order chi connectivity index (χ0) is 15.1. The fourth-order valence-electron chi connectivity index (χ4n) is 2.84. The average Bonchev–Trinajstić information content (AvgIpc) is 2.32. The molecule has 1 saturated heterocycles. The van der Waals surface area contributed by atoms with E-state index in [0.29, 0.717) is 23.7 Å².